The first kappa shape index (κ1) is 31.9. The number of ether oxygens (including phenoxy) is 2. The van der Waals surface area contributed by atoms with Gasteiger partial charge in [0, 0.05) is 36.1 Å². The average Bonchev–Trinajstić information content (AvgIpc) is 3.56. The minimum atomic E-state index is -4.43. The average molecular weight is 665 g/mol. The summed E-state index contributed by atoms with van der Waals surface area (Å²) in [6.45, 7) is 2.69. The first-order valence-corrected chi connectivity index (χ1v) is 17.2. The summed E-state index contributed by atoms with van der Waals surface area (Å²) in [7, 11) is -2.92. The normalized spacial score (nSPS) is 20.5. The molecular weight excluding hydrogens is 628 g/mol. The Hall–Kier alpha value is -4.06. The molecule has 2 aliphatic rings. The number of hydrogen-bond donors (Lipinski definition) is 2. The van der Waals surface area contributed by atoms with Crippen molar-refractivity contribution < 1.29 is 27.5 Å². The summed E-state index contributed by atoms with van der Waals surface area (Å²) < 4.78 is 40.2. The summed E-state index contributed by atoms with van der Waals surface area (Å²) in [5.74, 6) is 1.17. The molecule has 242 valence electrons. The summed E-state index contributed by atoms with van der Waals surface area (Å²) in [5.41, 5.74) is 8.63. The van der Waals surface area contributed by atoms with Crippen molar-refractivity contribution >= 4 is 44.5 Å². The number of carbonyl (C=O) groups is 2. The predicted molar refractivity (Wildman–Crippen MR) is 176 cm³/mol. The van der Waals surface area contributed by atoms with Crippen molar-refractivity contribution in [2.75, 3.05) is 20.2 Å². The SMILES string of the molecule is COc1ccc(Oc2ccc(S(=O)(=O)N3C(=O)N(CC4CCCC(CN)C4)C(=O)C3Cc3c[nH]c4c(C)cccc34)cc2)cc1Cl. The van der Waals surface area contributed by atoms with Gasteiger partial charge in [-0.15, -0.1) is 0 Å². The number of aromatic nitrogens is 1. The number of amides is 3. The first-order valence-electron chi connectivity index (χ1n) is 15.4. The molecule has 2 heterocycles. The number of halogens is 1. The van der Waals surface area contributed by atoms with Gasteiger partial charge in [-0.05, 0) is 92.1 Å². The van der Waals surface area contributed by atoms with Gasteiger partial charge in [-0.3, -0.25) is 9.69 Å². The Kier molecular flexibility index (Phi) is 9.00. The molecule has 12 heteroatoms. The lowest BCUT2D eigenvalue weighted by Crippen LogP contribution is -2.41. The number of fused-ring (bicyclic) bond motifs is 1. The van der Waals surface area contributed by atoms with E-state index in [9.17, 15) is 18.0 Å². The molecule has 2 fully saturated rings. The number of aromatic amines is 1. The van der Waals surface area contributed by atoms with Gasteiger partial charge >= 0.3 is 6.03 Å². The van der Waals surface area contributed by atoms with Crippen LogP contribution in [0, 0.1) is 18.8 Å². The number of H-pyrrole nitrogens is 1. The summed E-state index contributed by atoms with van der Waals surface area (Å²) in [4.78, 5) is 32.2. The number of nitrogens with one attached hydrogen (secondary N) is 1. The Balaban J connectivity index is 1.30. The van der Waals surface area contributed by atoms with E-state index in [1.165, 1.54) is 31.4 Å². The van der Waals surface area contributed by atoms with E-state index < -0.39 is 28.0 Å². The highest BCUT2D eigenvalue weighted by molar-refractivity contribution is 7.89. The number of urea groups is 1. The quantitative estimate of drug-likeness (QED) is 0.191. The van der Waals surface area contributed by atoms with Gasteiger partial charge in [0.1, 0.15) is 23.3 Å². The van der Waals surface area contributed by atoms with Crippen LogP contribution < -0.4 is 15.2 Å². The van der Waals surface area contributed by atoms with Crippen LogP contribution in [0.1, 0.15) is 36.8 Å². The molecule has 1 saturated heterocycles. The summed E-state index contributed by atoms with van der Waals surface area (Å²) in [6.07, 6.45) is 5.46. The molecule has 1 saturated carbocycles. The van der Waals surface area contributed by atoms with Crippen molar-refractivity contribution in [2.45, 2.75) is 50.0 Å². The van der Waals surface area contributed by atoms with Gasteiger partial charge in [0.25, 0.3) is 15.9 Å². The Morgan fingerprint density at radius 1 is 1.02 bits per heavy atom. The van der Waals surface area contributed by atoms with Crippen LogP contribution >= 0.6 is 11.6 Å². The van der Waals surface area contributed by atoms with Gasteiger partial charge in [0.05, 0.1) is 17.0 Å². The van der Waals surface area contributed by atoms with E-state index in [1.54, 1.807) is 24.4 Å². The number of carbonyl (C=O) groups excluding carboxylic acids is 2. The smallest absolute Gasteiger partial charge is 0.341 e. The molecule has 0 bridgehead atoms. The fraction of sp³-hybridized carbons (Fsp3) is 0.353. The van der Waals surface area contributed by atoms with Crippen LogP contribution in [0.25, 0.3) is 10.9 Å². The maximum absolute atomic E-state index is 14.2. The molecule has 46 heavy (non-hydrogen) atoms. The number of hydrogen-bond acceptors (Lipinski definition) is 7. The van der Waals surface area contributed by atoms with E-state index in [2.05, 4.69) is 4.98 Å². The Morgan fingerprint density at radius 3 is 2.48 bits per heavy atom. The van der Waals surface area contributed by atoms with Gasteiger partial charge < -0.3 is 20.2 Å². The van der Waals surface area contributed by atoms with Gasteiger partial charge in [0.15, 0.2) is 0 Å². The Morgan fingerprint density at radius 2 is 1.76 bits per heavy atom. The topological polar surface area (TPSA) is 135 Å². The summed E-state index contributed by atoms with van der Waals surface area (Å²) in [6, 6.07) is 14.4. The van der Waals surface area contributed by atoms with Crippen LogP contribution in [0.2, 0.25) is 5.02 Å². The predicted octanol–water partition coefficient (Wildman–Crippen LogP) is 6.26. The van der Waals surface area contributed by atoms with Crippen LogP contribution in [0.3, 0.4) is 0 Å². The van der Waals surface area contributed by atoms with Crippen molar-refractivity contribution in [1.29, 1.82) is 0 Å². The third kappa shape index (κ3) is 6.06. The van der Waals surface area contributed by atoms with Crippen LogP contribution in [0.4, 0.5) is 4.79 Å². The fourth-order valence-electron chi connectivity index (χ4n) is 6.66. The zero-order chi connectivity index (χ0) is 32.6. The molecule has 3 atom stereocenters. The van der Waals surface area contributed by atoms with Crippen molar-refractivity contribution in [3.8, 4) is 17.2 Å². The summed E-state index contributed by atoms with van der Waals surface area (Å²) >= 11 is 6.21. The van der Waals surface area contributed by atoms with Crippen LogP contribution in [-0.4, -0.2) is 60.8 Å². The largest absolute Gasteiger partial charge is 0.495 e. The minimum absolute atomic E-state index is 0.0409. The molecule has 10 nitrogen and oxygen atoms in total. The zero-order valence-corrected chi connectivity index (χ0v) is 27.3. The van der Waals surface area contributed by atoms with E-state index >= 15 is 0 Å². The second kappa shape index (κ2) is 13.0. The first-order chi connectivity index (χ1) is 22.1. The van der Waals surface area contributed by atoms with E-state index in [0.29, 0.717) is 34.7 Å². The zero-order valence-electron chi connectivity index (χ0n) is 25.7. The lowest BCUT2D eigenvalue weighted by Gasteiger charge is -2.30. The number of para-hydroxylation sites is 1. The Bertz CT molecular complexity index is 1880. The number of methoxy groups -OCH3 is 1. The van der Waals surface area contributed by atoms with Gasteiger partial charge in [0.2, 0.25) is 0 Å². The second-order valence-corrected chi connectivity index (χ2v) is 14.3. The fourth-order valence-corrected chi connectivity index (χ4v) is 8.42. The van der Waals surface area contributed by atoms with Crippen LogP contribution in [0.15, 0.2) is 71.8 Å². The standard InChI is InChI=1S/C34H37ClN4O6S/c1-21-5-3-8-28-24(19-37-32(21)28)16-30-33(40)38(20-23-7-4-6-22(15-23)18-36)34(41)39(30)46(42,43)27-12-9-25(10-13-27)45-26-11-14-31(44-2)29(35)17-26/h3,5,8-14,17,19,22-23,30,37H,4,6-7,15-16,18,20,36H2,1-2H3. The highest BCUT2D eigenvalue weighted by Gasteiger charge is 2.52. The molecule has 3 N–H and O–H groups in total. The molecule has 0 spiro atoms. The summed E-state index contributed by atoms with van der Waals surface area (Å²) in [5, 5.41) is 1.25. The highest BCUT2D eigenvalue weighted by atomic mass is 35.5. The number of aryl methyl sites for hydroxylation is 1. The number of benzene rings is 3. The highest BCUT2D eigenvalue weighted by Crippen LogP contribution is 2.36. The van der Waals surface area contributed by atoms with Gasteiger partial charge in [-0.25, -0.2) is 17.5 Å². The molecule has 1 aliphatic carbocycles. The van der Waals surface area contributed by atoms with Gasteiger partial charge in [-0.2, -0.15) is 0 Å². The lowest BCUT2D eigenvalue weighted by molar-refractivity contribution is -0.128. The molecular formula is C34H37ClN4O6S. The van der Waals surface area contributed by atoms with Crippen LogP contribution in [-0.2, 0) is 21.2 Å². The van der Waals surface area contributed by atoms with E-state index in [4.69, 9.17) is 26.8 Å². The molecule has 3 unspecified atom stereocenters. The monoisotopic (exact) mass is 664 g/mol. The molecule has 3 aromatic carbocycles. The molecule has 3 amide bonds. The molecule has 6 rings (SSSR count). The molecule has 4 aromatic rings. The minimum Gasteiger partial charge on any atom is -0.495 e. The Labute approximate surface area is 273 Å². The van der Waals surface area contributed by atoms with Crippen LogP contribution in [0.5, 0.6) is 17.2 Å². The maximum Gasteiger partial charge on any atom is 0.341 e. The molecule has 1 aliphatic heterocycles. The van der Waals surface area contributed by atoms with E-state index in [-0.39, 0.29) is 23.8 Å². The number of nitrogens with two attached hydrogens (primary N) is 1. The van der Waals surface area contributed by atoms with E-state index in [1.807, 2.05) is 25.1 Å². The van der Waals surface area contributed by atoms with E-state index in [0.717, 1.165) is 56.9 Å². The lowest BCUT2D eigenvalue weighted by atomic mass is 9.81. The van der Waals surface area contributed by atoms with Crippen molar-refractivity contribution in [2.24, 2.45) is 17.6 Å². The number of nitrogens with zero attached hydrogens (tertiary/aromatic N) is 2. The second-order valence-electron chi connectivity index (χ2n) is 12.1. The van der Waals surface area contributed by atoms with Crippen molar-refractivity contribution in [3.05, 3.63) is 83.0 Å². The number of rotatable bonds is 10. The third-order valence-corrected chi connectivity index (χ3v) is 11.2. The molecule has 1 aromatic heterocycles. The molecule has 0 radical (unpaired) electrons. The van der Waals surface area contributed by atoms with Crippen molar-refractivity contribution in [1.82, 2.24) is 14.2 Å². The van der Waals surface area contributed by atoms with Crippen molar-refractivity contribution in [3.63, 3.8) is 0 Å². The number of sulfonamides is 1. The maximum atomic E-state index is 14.2. The third-order valence-electron chi connectivity index (χ3n) is 9.08. The number of imide groups is 1. The van der Waals surface area contributed by atoms with Gasteiger partial charge in [-0.1, -0.05) is 36.2 Å².